The number of hydrogen-bond donors (Lipinski definition) is 0. The molecule has 0 unspecified atom stereocenters. The highest BCUT2D eigenvalue weighted by molar-refractivity contribution is 5.54. The predicted octanol–water partition coefficient (Wildman–Crippen LogP) is 7.95. The van der Waals surface area contributed by atoms with Gasteiger partial charge >= 0.3 is 0 Å². The fourth-order valence-corrected chi connectivity index (χ4v) is 3.70. The molecule has 2 heteroatoms. The lowest BCUT2D eigenvalue weighted by Gasteiger charge is -2.07. The Hall–Kier alpha value is -1.70. The molecule has 2 aromatic heterocycles. The molecule has 0 aliphatic carbocycles. The van der Waals surface area contributed by atoms with Gasteiger partial charge in [-0.1, -0.05) is 90.2 Å². The van der Waals surface area contributed by atoms with E-state index in [2.05, 4.69) is 50.2 Å². The molecule has 2 heterocycles. The highest BCUT2D eigenvalue weighted by Gasteiger charge is 2.05. The standard InChI is InChI=1S/C26H40N2/c1-3-5-7-9-11-13-17-23-19-15-21-25(27-23)26-22-16-20-24(28-26)18-14-12-10-8-6-4-2/h15-16,19-22H,3-14,17-18H2,1-2H3. The molecule has 0 spiro atoms. The molecule has 0 atom stereocenters. The van der Waals surface area contributed by atoms with Gasteiger partial charge in [0.05, 0.1) is 11.4 Å². The largest absolute Gasteiger partial charge is 0.251 e. The van der Waals surface area contributed by atoms with Crippen molar-refractivity contribution < 1.29 is 0 Å². The second kappa shape index (κ2) is 14.3. The summed E-state index contributed by atoms with van der Waals surface area (Å²) in [5, 5.41) is 0. The summed E-state index contributed by atoms with van der Waals surface area (Å²) in [6.07, 6.45) is 18.1. The number of hydrogen-bond acceptors (Lipinski definition) is 2. The van der Waals surface area contributed by atoms with Crippen LogP contribution in [-0.2, 0) is 12.8 Å². The first kappa shape index (κ1) is 22.6. The average molecular weight is 381 g/mol. The summed E-state index contributed by atoms with van der Waals surface area (Å²) in [4.78, 5) is 9.77. The van der Waals surface area contributed by atoms with E-state index < -0.39 is 0 Å². The molecule has 0 N–H and O–H groups in total. The molecular weight excluding hydrogens is 340 g/mol. The van der Waals surface area contributed by atoms with Gasteiger partial charge in [0.1, 0.15) is 0 Å². The van der Waals surface area contributed by atoms with E-state index in [0.717, 1.165) is 24.2 Å². The van der Waals surface area contributed by atoms with Gasteiger partial charge in [-0.05, 0) is 49.9 Å². The van der Waals surface area contributed by atoms with Gasteiger partial charge in [0.25, 0.3) is 0 Å². The minimum absolute atomic E-state index is 1.02. The molecule has 0 aliphatic rings. The van der Waals surface area contributed by atoms with Gasteiger partial charge in [0, 0.05) is 11.4 Å². The molecule has 28 heavy (non-hydrogen) atoms. The number of unbranched alkanes of at least 4 members (excludes halogenated alkanes) is 10. The Balaban J connectivity index is 1.82. The van der Waals surface area contributed by atoms with Crippen molar-refractivity contribution in [3.05, 3.63) is 47.8 Å². The summed E-state index contributed by atoms with van der Waals surface area (Å²) < 4.78 is 0. The predicted molar refractivity (Wildman–Crippen MR) is 122 cm³/mol. The maximum absolute atomic E-state index is 4.89. The van der Waals surface area contributed by atoms with Crippen molar-refractivity contribution in [2.24, 2.45) is 0 Å². The molecular formula is C26H40N2. The summed E-state index contributed by atoms with van der Waals surface area (Å²) >= 11 is 0. The van der Waals surface area contributed by atoms with Crippen LogP contribution in [0, 0.1) is 0 Å². The third-order valence-electron chi connectivity index (χ3n) is 5.45. The van der Waals surface area contributed by atoms with E-state index in [1.807, 2.05) is 0 Å². The molecule has 2 aromatic rings. The topological polar surface area (TPSA) is 25.8 Å². The Morgan fingerprint density at radius 2 is 0.893 bits per heavy atom. The van der Waals surface area contributed by atoms with Crippen LogP contribution >= 0.6 is 0 Å². The van der Waals surface area contributed by atoms with Crippen LogP contribution in [0.1, 0.15) is 102 Å². The van der Waals surface area contributed by atoms with Gasteiger partial charge in [-0.15, -0.1) is 0 Å². The lowest BCUT2D eigenvalue weighted by molar-refractivity contribution is 0.604. The Morgan fingerprint density at radius 3 is 1.32 bits per heavy atom. The third-order valence-corrected chi connectivity index (χ3v) is 5.45. The first-order valence-electron chi connectivity index (χ1n) is 11.8. The average Bonchev–Trinajstić information content (AvgIpc) is 2.73. The quantitative estimate of drug-likeness (QED) is 0.293. The van der Waals surface area contributed by atoms with Crippen molar-refractivity contribution in [2.75, 3.05) is 0 Å². The Kier molecular flexibility index (Phi) is 11.6. The molecule has 154 valence electrons. The van der Waals surface area contributed by atoms with Gasteiger partial charge < -0.3 is 0 Å². The van der Waals surface area contributed by atoms with Crippen molar-refractivity contribution in [3.63, 3.8) is 0 Å². The van der Waals surface area contributed by atoms with Crippen molar-refractivity contribution >= 4 is 0 Å². The van der Waals surface area contributed by atoms with Gasteiger partial charge in [-0.25, -0.2) is 0 Å². The van der Waals surface area contributed by atoms with Crippen LogP contribution in [0.4, 0.5) is 0 Å². The van der Waals surface area contributed by atoms with Crippen LogP contribution in [0.5, 0.6) is 0 Å². The zero-order valence-electron chi connectivity index (χ0n) is 18.3. The third kappa shape index (κ3) is 8.99. The van der Waals surface area contributed by atoms with Crippen molar-refractivity contribution in [1.82, 2.24) is 9.97 Å². The maximum Gasteiger partial charge on any atom is 0.0889 e. The molecule has 2 nitrogen and oxygen atoms in total. The first-order chi connectivity index (χ1) is 13.8. The lowest BCUT2D eigenvalue weighted by atomic mass is 10.1. The van der Waals surface area contributed by atoms with Crippen LogP contribution in [0.3, 0.4) is 0 Å². The van der Waals surface area contributed by atoms with Crippen LogP contribution in [0.2, 0.25) is 0 Å². The zero-order chi connectivity index (χ0) is 19.9. The second-order valence-electron chi connectivity index (χ2n) is 8.06. The van der Waals surface area contributed by atoms with Crippen molar-refractivity contribution in [2.45, 2.75) is 104 Å². The Morgan fingerprint density at radius 1 is 0.500 bits per heavy atom. The molecule has 0 fully saturated rings. The van der Waals surface area contributed by atoms with Gasteiger partial charge in [0.15, 0.2) is 0 Å². The molecule has 0 bridgehead atoms. The smallest absolute Gasteiger partial charge is 0.0889 e. The van der Waals surface area contributed by atoms with Crippen LogP contribution in [-0.4, -0.2) is 9.97 Å². The second-order valence-corrected chi connectivity index (χ2v) is 8.06. The zero-order valence-corrected chi connectivity index (χ0v) is 18.3. The van der Waals surface area contributed by atoms with Gasteiger partial charge in [-0.3, -0.25) is 9.97 Å². The first-order valence-corrected chi connectivity index (χ1v) is 11.8. The monoisotopic (exact) mass is 380 g/mol. The van der Waals surface area contributed by atoms with E-state index in [1.165, 1.54) is 88.4 Å². The van der Waals surface area contributed by atoms with Crippen molar-refractivity contribution in [1.29, 1.82) is 0 Å². The number of rotatable bonds is 15. The normalized spacial score (nSPS) is 11.1. The molecule has 0 radical (unpaired) electrons. The van der Waals surface area contributed by atoms with Gasteiger partial charge in [0.2, 0.25) is 0 Å². The number of nitrogens with zero attached hydrogens (tertiary/aromatic N) is 2. The van der Waals surface area contributed by atoms with Crippen LogP contribution in [0.15, 0.2) is 36.4 Å². The summed E-state index contributed by atoms with van der Waals surface area (Å²) in [5.41, 5.74) is 4.45. The van der Waals surface area contributed by atoms with Crippen LogP contribution < -0.4 is 0 Å². The summed E-state index contributed by atoms with van der Waals surface area (Å²) in [7, 11) is 0. The maximum atomic E-state index is 4.89. The molecule has 0 amide bonds. The summed E-state index contributed by atoms with van der Waals surface area (Å²) in [6, 6.07) is 12.8. The molecule has 0 aromatic carbocycles. The summed E-state index contributed by atoms with van der Waals surface area (Å²) in [6.45, 7) is 4.54. The van der Waals surface area contributed by atoms with E-state index in [4.69, 9.17) is 9.97 Å². The number of aromatic nitrogens is 2. The Labute approximate surface area is 173 Å². The van der Waals surface area contributed by atoms with E-state index in [9.17, 15) is 0 Å². The lowest BCUT2D eigenvalue weighted by Crippen LogP contribution is -1.97. The van der Waals surface area contributed by atoms with E-state index in [0.29, 0.717) is 0 Å². The number of pyridine rings is 2. The highest BCUT2D eigenvalue weighted by Crippen LogP contribution is 2.18. The fraction of sp³-hybridized carbons (Fsp3) is 0.615. The highest BCUT2D eigenvalue weighted by atomic mass is 14.8. The molecule has 0 saturated heterocycles. The molecule has 0 aliphatic heterocycles. The minimum Gasteiger partial charge on any atom is -0.251 e. The molecule has 2 rings (SSSR count). The molecule has 0 saturated carbocycles. The SMILES string of the molecule is CCCCCCCCc1cccc(-c2cccc(CCCCCCCC)n2)n1. The Bertz CT molecular complexity index is 593. The minimum atomic E-state index is 1.02. The van der Waals surface area contributed by atoms with E-state index >= 15 is 0 Å². The van der Waals surface area contributed by atoms with Gasteiger partial charge in [-0.2, -0.15) is 0 Å². The van der Waals surface area contributed by atoms with E-state index in [1.54, 1.807) is 0 Å². The van der Waals surface area contributed by atoms with Crippen molar-refractivity contribution in [3.8, 4) is 11.4 Å². The number of aryl methyl sites for hydroxylation is 2. The fourth-order valence-electron chi connectivity index (χ4n) is 3.70. The van der Waals surface area contributed by atoms with Crippen LogP contribution in [0.25, 0.3) is 11.4 Å². The van der Waals surface area contributed by atoms with E-state index in [-0.39, 0.29) is 0 Å². The summed E-state index contributed by atoms with van der Waals surface area (Å²) in [5.74, 6) is 0.